The first-order valence-electron chi connectivity index (χ1n) is 4.15. The molecule has 0 rings (SSSR count). The van der Waals surface area contributed by atoms with Crippen molar-refractivity contribution in [1.29, 1.82) is 0 Å². The van der Waals surface area contributed by atoms with Gasteiger partial charge in [0.25, 0.3) is 0 Å². The van der Waals surface area contributed by atoms with E-state index in [0.29, 0.717) is 6.54 Å². The summed E-state index contributed by atoms with van der Waals surface area (Å²) in [5.41, 5.74) is 0. The van der Waals surface area contributed by atoms with Crippen molar-refractivity contribution in [2.75, 3.05) is 6.54 Å². The summed E-state index contributed by atoms with van der Waals surface area (Å²) in [7, 11) is 0. The zero-order valence-electron chi connectivity index (χ0n) is 8.03. The van der Waals surface area contributed by atoms with E-state index < -0.39 is 18.2 Å². The number of ether oxygens (including phenoxy) is 1. The third kappa shape index (κ3) is 4.47. The van der Waals surface area contributed by atoms with Crippen molar-refractivity contribution in [1.82, 2.24) is 5.32 Å². The number of hydrogen-bond donors (Lipinski definition) is 2. The van der Waals surface area contributed by atoms with E-state index >= 15 is 0 Å². The molecule has 13 heavy (non-hydrogen) atoms. The molecule has 0 spiro atoms. The number of carboxylic acid groups (broad SMARTS) is 1. The van der Waals surface area contributed by atoms with Gasteiger partial charge in [0.15, 0.2) is 6.10 Å². The minimum absolute atomic E-state index is 0.296. The summed E-state index contributed by atoms with van der Waals surface area (Å²) in [5, 5.41) is 11.0. The van der Waals surface area contributed by atoms with Gasteiger partial charge in [-0.3, -0.25) is 4.79 Å². The Bertz CT molecular complexity index is 193. The molecule has 0 aromatic heterocycles. The van der Waals surface area contributed by atoms with Crippen molar-refractivity contribution in [3.8, 4) is 0 Å². The highest BCUT2D eigenvalue weighted by Gasteiger charge is 2.19. The second-order valence-electron chi connectivity index (χ2n) is 2.65. The van der Waals surface area contributed by atoms with E-state index in [4.69, 9.17) is 9.84 Å². The number of nitrogens with one attached hydrogen (secondary N) is 1. The van der Waals surface area contributed by atoms with Crippen molar-refractivity contribution in [3.63, 3.8) is 0 Å². The number of carboxylic acids is 1. The lowest BCUT2D eigenvalue weighted by Crippen LogP contribution is -2.37. The minimum Gasteiger partial charge on any atom is -0.479 e. The standard InChI is InChI=1S/C8H15NO4/c1-4-9-7(10)5(2)13-6(3)8(11)12/h5-6H,4H2,1-3H3,(H,9,10)(H,11,12). The Hall–Kier alpha value is -1.10. The Balaban J connectivity index is 3.92. The molecule has 76 valence electrons. The van der Waals surface area contributed by atoms with Gasteiger partial charge in [0.05, 0.1) is 0 Å². The topological polar surface area (TPSA) is 75.6 Å². The Morgan fingerprint density at radius 1 is 1.38 bits per heavy atom. The lowest BCUT2D eigenvalue weighted by molar-refractivity contribution is -0.155. The number of aliphatic carboxylic acids is 1. The molecule has 0 saturated heterocycles. The van der Waals surface area contributed by atoms with E-state index in [-0.39, 0.29) is 5.91 Å². The third-order valence-corrected chi connectivity index (χ3v) is 1.48. The van der Waals surface area contributed by atoms with Gasteiger partial charge >= 0.3 is 5.97 Å². The maximum absolute atomic E-state index is 11.1. The van der Waals surface area contributed by atoms with Crippen LogP contribution in [0.5, 0.6) is 0 Å². The van der Waals surface area contributed by atoms with Crippen LogP contribution in [-0.2, 0) is 14.3 Å². The predicted octanol–water partition coefficient (Wildman–Crippen LogP) is 0.000700. The summed E-state index contributed by atoms with van der Waals surface area (Å²) in [6.07, 6.45) is -1.69. The summed E-state index contributed by atoms with van der Waals surface area (Å²) < 4.78 is 4.91. The molecular formula is C8H15NO4. The van der Waals surface area contributed by atoms with Gasteiger partial charge in [-0.2, -0.15) is 0 Å². The Kier molecular flexibility index (Phi) is 5.06. The van der Waals surface area contributed by atoms with Gasteiger partial charge in [-0.15, -0.1) is 0 Å². The van der Waals surface area contributed by atoms with Gasteiger partial charge in [0, 0.05) is 6.54 Å². The summed E-state index contributed by atoms with van der Waals surface area (Å²) in [6, 6.07) is 0. The van der Waals surface area contributed by atoms with Crippen LogP contribution in [0.25, 0.3) is 0 Å². The van der Waals surface area contributed by atoms with Crippen molar-refractivity contribution in [2.24, 2.45) is 0 Å². The first-order chi connectivity index (χ1) is 5.99. The first-order valence-corrected chi connectivity index (χ1v) is 4.15. The first kappa shape index (κ1) is 11.9. The fourth-order valence-corrected chi connectivity index (χ4v) is 0.744. The molecule has 2 atom stereocenters. The van der Waals surface area contributed by atoms with Crippen LogP contribution in [0, 0.1) is 0 Å². The molecule has 0 aromatic rings. The van der Waals surface area contributed by atoms with Crippen LogP contribution in [0.1, 0.15) is 20.8 Å². The molecule has 0 bridgehead atoms. The molecule has 0 aromatic carbocycles. The molecule has 0 fully saturated rings. The van der Waals surface area contributed by atoms with E-state index in [1.54, 1.807) is 6.92 Å². The molecule has 0 aliphatic carbocycles. The molecule has 5 heteroatoms. The molecule has 0 aliphatic heterocycles. The maximum Gasteiger partial charge on any atom is 0.332 e. The van der Waals surface area contributed by atoms with Gasteiger partial charge in [-0.1, -0.05) is 0 Å². The van der Waals surface area contributed by atoms with E-state index in [2.05, 4.69) is 5.32 Å². The lowest BCUT2D eigenvalue weighted by atomic mass is 10.3. The maximum atomic E-state index is 11.1. The highest BCUT2D eigenvalue weighted by Crippen LogP contribution is 1.98. The van der Waals surface area contributed by atoms with E-state index in [9.17, 15) is 9.59 Å². The fraction of sp³-hybridized carbons (Fsp3) is 0.750. The number of rotatable bonds is 5. The predicted molar refractivity (Wildman–Crippen MR) is 46.3 cm³/mol. The van der Waals surface area contributed by atoms with Gasteiger partial charge in [0.1, 0.15) is 6.10 Å². The van der Waals surface area contributed by atoms with E-state index in [1.807, 2.05) is 0 Å². The highest BCUT2D eigenvalue weighted by molar-refractivity contribution is 5.81. The fourth-order valence-electron chi connectivity index (χ4n) is 0.744. The summed E-state index contributed by atoms with van der Waals surface area (Å²) >= 11 is 0. The normalized spacial score (nSPS) is 14.7. The van der Waals surface area contributed by atoms with Crippen LogP contribution in [0.2, 0.25) is 0 Å². The molecule has 2 N–H and O–H groups in total. The zero-order chi connectivity index (χ0) is 10.4. The van der Waals surface area contributed by atoms with Crippen molar-refractivity contribution < 1.29 is 19.4 Å². The van der Waals surface area contributed by atoms with Gasteiger partial charge in [-0.05, 0) is 20.8 Å². The van der Waals surface area contributed by atoms with Crippen molar-refractivity contribution in [3.05, 3.63) is 0 Å². The van der Waals surface area contributed by atoms with Crippen LogP contribution < -0.4 is 5.32 Å². The minimum atomic E-state index is -1.07. The number of likely N-dealkylation sites (N-methyl/N-ethyl adjacent to an activating group) is 1. The largest absolute Gasteiger partial charge is 0.479 e. The summed E-state index contributed by atoms with van der Waals surface area (Å²) in [4.78, 5) is 21.4. The molecular weight excluding hydrogens is 174 g/mol. The third-order valence-electron chi connectivity index (χ3n) is 1.48. The molecule has 2 unspecified atom stereocenters. The van der Waals surface area contributed by atoms with Crippen molar-refractivity contribution >= 4 is 11.9 Å². The quantitative estimate of drug-likeness (QED) is 0.638. The van der Waals surface area contributed by atoms with E-state index in [1.165, 1.54) is 13.8 Å². The Morgan fingerprint density at radius 2 is 1.92 bits per heavy atom. The summed E-state index contributed by atoms with van der Waals surface area (Å²) in [6.45, 7) is 5.20. The lowest BCUT2D eigenvalue weighted by Gasteiger charge is -2.15. The zero-order valence-corrected chi connectivity index (χ0v) is 8.03. The number of carbonyl (C=O) groups excluding carboxylic acids is 1. The average molecular weight is 189 g/mol. The average Bonchev–Trinajstić information content (AvgIpc) is 2.04. The second kappa shape index (κ2) is 5.53. The van der Waals surface area contributed by atoms with Crippen LogP contribution in [0.15, 0.2) is 0 Å². The van der Waals surface area contributed by atoms with Gasteiger partial charge in [0.2, 0.25) is 5.91 Å². The highest BCUT2D eigenvalue weighted by atomic mass is 16.5. The number of hydrogen-bond acceptors (Lipinski definition) is 3. The Morgan fingerprint density at radius 3 is 2.31 bits per heavy atom. The molecule has 0 saturated carbocycles. The SMILES string of the molecule is CCNC(=O)C(C)OC(C)C(=O)O. The summed E-state index contributed by atoms with van der Waals surface area (Å²) in [5.74, 6) is -1.37. The van der Waals surface area contributed by atoms with Crippen LogP contribution in [0.3, 0.4) is 0 Å². The van der Waals surface area contributed by atoms with Gasteiger partial charge < -0.3 is 15.2 Å². The van der Waals surface area contributed by atoms with Crippen LogP contribution >= 0.6 is 0 Å². The molecule has 0 radical (unpaired) electrons. The van der Waals surface area contributed by atoms with Crippen LogP contribution in [0.4, 0.5) is 0 Å². The molecule has 0 heterocycles. The number of amides is 1. The smallest absolute Gasteiger partial charge is 0.332 e. The molecule has 5 nitrogen and oxygen atoms in total. The Labute approximate surface area is 77.1 Å². The monoisotopic (exact) mass is 189 g/mol. The molecule has 1 amide bonds. The molecule has 0 aliphatic rings. The van der Waals surface area contributed by atoms with E-state index in [0.717, 1.165) is 0 Å². The second-order valence-corrected chi connectivity index (χ2v) is 2.65. The van der Waals surface area contributed by atoms with Gasteiger partial charge in [-0.25, -0.2) is 4.79 Å². The van der Waals surface area contributed by atoms with Crippen molar-refractivity contribution in [2.45, 2.75) is 33.0 Å². The van der Waals surface area contributed by atoms with Crippen LogP contribution in [-0.4, -0.2) is 35.7 Å². The number of carbonyl (C=O) groups is 2.